The third-order valence-corrected chi connectivity index (χ3v) is 4.31. The summed E-state index contributed by atoms with van der Waals surface area (Å²) < 4.78 is 2.94. The van der Waals surface area contributed by atoms with Crippen LogP contribution in [0.2, 0.25) is 0 Å². The molecule has 0 N–H and O–H groups in total. The second-order valence-electron chi connectivity index (χ2n) is 4.13. The third-order valence-electron chi connectivity index (χ3n) is 2.91. The molecule has 3 rings (SSSR count). The van der Waals surface area contributed by atoms with E-state index >= 15 is 0 Å². The van der Waals surface area contributed by atoms with Crippen LogP contribution < -0.4 is 0 Å². The molecule has 6 nitrogen and oxygen atoms in total. The maximum absolute atomic E-state index is 4.26. The number of hydrogen-bond acceptors (Lipinski definition) is 6. The number of rotatable bonds is 3. The maximum Gasteiger partial charge on any atom is 0.217 e. The molecular formula is C10H11IN6S. The molecule has 0 spiro atoms. The van der Waals surface area contributed by atoms with Crippen molar-refractivity contribution < 1.29 is 0 Å². The van der Waals surface area contributed by atoms with Gasteiger partial charge in [-0.1, -0.05) is 12.8 Å². The summed E-state index contributed by atoms with van der Waals surface area (Å²) in [6, 6.07) is 0.436. The number of aromatic nitrogens is 6. The van der Waals surface area contributed by atoms with Gasteiger partial charge in [-0.15, -0.1) is 5.10 Å². The van der Waals surface area contributed by atoms with Gasteiger partial charge in [-0.25, -0.2) is 14.6 Å². The van der Waals surface area contributed by atoms with E-state index in [0.29, 0.717) is 11.2 Å². The SMILES string of the molecule is Ic1cnc(Sc2nnnn2C2CCCC2)nc1. The van der Waals surface area contributed by atoms with E-state index in [1.165, 1.54) is 24.6 Å². The minimum absolute atomic E-state index is 0.436. The predicted molar refractivity (Wildman–Crippen MR) is 74.2 cm³/mol. The van der Waals surface area contributed by atoms with Gasteiger partial charge >= 0.3 is 0 Å². The highest BCUT2D eigenvalue weighted by atomic mass is 127. The number of hydrogen-bond donors (Lipinski definition) is 0. The van der Waals surface area contributed by atoms with Gasteiger partial charge in [0.1, 0.15) is 0 Å². The van der Waals surface area contributed by atoms with Gasteiger partial charge in [-0.3, -0.25) is 0 Å². The van der Waals surface area contributed by atoms with Crippen molar-refractivity contribution in [2.75, 3.05) is 0 Å². The number of nitrogens with zero attached hydrogens (tertiary/aromatic N) is 6. The van der Waals surface area contributed by atoms with Crippen molar-refractivity contribution >= 4 is 34.4 Å². The van der Waals surface area contributed by atoms with Crippen LogP contribution in [0.5, 0.6) is 0 Å². The average molecular weight is 374 g/mol. The molecule has 94 valence electrons. The van der Waals surface area contributed by atoms with E-state index in [4.69, 9.17) is 0 Å². The lowest BCUT2D eigenvalue weighted by Gasteiger charge is -2.09. The molecular weight excluding hydrogens is 363 g/mol. The van der Waals surface area contributed by atoms with E-state index in [1.54, 1.807) is 12.4 Å². The highest BCUT2D eigenvalue weighted by molar-refractivity contribution is 14.1. The second kappa shape index (κ2) is 5.47. The van der Waals surface area contributed by atoms with E-state index in [1.807, 2.05) is 4.68 Å². The third kappa shape index (κ3) is 2.63. The molecule has 0 amide bonds. The molecule has 1 fully saturated rings. The Balaban J connectivity index is 1.80. The first-order valence-electron chi connectivity index (χ1n) is 5.76. The zero-order chi connectivity index (χ0) is 12.4. The van der Waals surface area contributed by atoms with E-state index in [0.717, 1.165) is 21.6 Å². The lowest BCUT2D eigenvalue weighted by molar-refractivity contribution is 0.423. The van der Waals surface area contributed by atoms with Crippen LogP contribution in [0, 0.1) is 3.57 Å². The van der Waals surface area contributed by atoms with Crippen molar-refractivity contribution in [2.24, 2.45) is 0 Å². The van der Waals surface area contributed by atoms with E-state index < -0.39 is 0 Å². The summed E-state index contributed by atoms with van der Waals surface area (Å²) in [6.45, 7) is 0. The Hall–Kier alpha value is -0.770. The molecule has 18 heavy (non-hydrogen) atoms. The van der Waals surface area contributed by atoms with Crippen molar-refractivity contribution in [3.05, 3.63) is 16.0 Å². The number of halogens is 1. The summed E-state index contributed by atoms with van der Waals surface area (Å²) in [4.78, 5) is 8.51. The van der Waals surface area contributed by atoms with Gasteiger partial charge in [-0.2, -0.15) is 0 Å². The second-order valence-corrected chi connectivity index (χ2v) is 6.31. The molecule has 0 atom stereocenters. The molecule has 1 saturated carbocycles. The summed E-state index contributed by atoms with van der Waals surface area (Å²) in [7, 11) is 0. The zero-order valence-corrected chi connectivity index (χ0v) is 12.5. The Bertz CT molecular complexity index is 521. The largest absolute Gasteiger partial charge is 0.230 e. The lowest BCUT2D eigenvalue weighted by Crippen LogP contribution is -2.08. The van der Waals surface area contributed by atoms with Crippen LogP contribution in [-0.4, -0.2) is 30.2 Å². The quantitative estimate of drug-likeness (QED) is 0.607. The van der Waals surface area contributed by atoms with Gasteiger partial charge in [0.25, 0.3) is 0 Å². The van der Waals surface area contributed by atoms with Crippen LogP contribution >= 0.6 is 34.4 Å². The van der Waals surface area contributed by atoms with Gasteiger partial charge < -0.3 is 0 Å². The van der Waals surface area contributed by atoms with Crippen LogP contribution in [0.25, 0.3) is 0 Å². The molecule has 0 radical (unpaired) electrons. The van der Waals surface area contributed by atoms with Crippen LogP contribution in [0.3, 0.4) is 0 Å². The summed E-state index contributed by atoms with van der Waals surface area (Å²) in [6.07, 6.45) is 8.42. The molecule has 0 aliphatic heterocycles. The monoisotopic (exact) mass is 374 g/mol. The van der Waals surface area contributed by atoms with Gasteiger partial charge in [0, 0.05) is 16.0 Å². The van der Waals surface area contributed by atoms with E-state index in [9.17, 15) is 0 Å². The minimum atomic E-state index is 0.436. The van der Waals surface area contributed by atoms with Gasteiger partial charge in [0.05, 0.1) is 6.04 Å². The van der Waals surface area contributed by atoms with Gasteiger partial charge in [-0.05, 0) is 57.6 Å². The van der Waals surface area contributed by atoms with E-state index in [2.05, 4.69) is 48.1 Å². The van der Waals surface area contributed by atoms with Gasteiger partial charge in [0.15, 0.2) is 5.16 Å². The Kier molecular flexibility index (Phi) is 3.73. The van der Waals surface area contributed by atoms with Crippen molar-refractivity contribution in [3.8, 4) is 0 Å². The first-order valence-corrected chi connectivity index (χ1v) is 7.66. The Labute approximate surface area is 122 Å². The molecule has 0 aromatic carbocycles. The molecule has 2 heterocycles. The standard InChI is InChI=1S/C10H11IN6S/c11-7-5-12-9(13-6-7)18-10-14-15-16-17(10)8-3-1-2-4-8/h5-6,8H,1-4H2. The fourth-order valence-corrected chi connectivity index (χ4v) is 3.07. The summed E-state index contributed by atoms with van der Waals surface area (Å²) >= 11 is 3.60. The Morgan fingerprint density at radius 1 is 1.22 bits per heavy atom. The van der Waals surface area contributed by atoms with Crippen molar-refractivity contribution in [1.82, 2.24) is 30.2 Å². The average Bonchev–Trinajstić information content (AvgIpc) is 3.02. The topological polar surface area (TPSA) is 69.4 Å². The van der Waals surface area contributed by atoms with Crippen LogP contribution in [-0.2, 0) is 0 Å². The van der Waals surface area contributed by atoms with E-state index in [-0.39, 0.29) is 0 Å². The molecule has 2 aromatic rings. The first-order chi connectivity index (χ1) is 8.83. The summed E-state index contributed by atoms with van der Waals surface area (Å²) in [5.41, 5.74) is 0. The fraction of sp³-hybridized carbons (Fsp3) is 0.500. The highest BCUT2D eigenvalue weighted by Gasteiger charge is 2.22. The smallest absolute Gasteiger partial charge is 0.217 e. The van der Waals surface area contributed by atoms with Crippen molar-refractivity contribution in [3.63, 3.8) is 0 Å². The van der Waals surface area contributed by atoms with Crippen LogP contribution in [0.15, 0.2) is 22.7 Å². The summed E-state index contributed by atoms with van der Waals surface area (Å²) in [5.74, 6) is 0. The molecule has 1 aliphatic rings. The maximum atomic E-state index is 4.26. The molecule has 8 heteroatoms. The van der Waals surface area contributed by atoms with Crippen LogP contribution in [0.4, 0.5) is 0 Å². The van der Waals surface area contributed by atoms with Gasteiger partial charge in [0.2, 0.25) is 5.16 Å². The zero-order valence-electron chi connectivity index (χ0n) is 9.53. The molecule has 0 unspecified atom stereocenters. The normalized spacial score (nSPS) is 16.3. The Morgan fingerprint density at radius 2 is 1.94 bits per heavy atom. The summed E-state index contributed by atoms with van der Waals surface area (Å²) in [5, 5.41) is 13.4. The predicted octanol–water partition coefficient (Wildman–Crippen LogP) is 2.33. The minimum Gasteiger partial charge on any atom is -0.230 e. The first kappa shape index (κ1) is 12.3. The molecule has 0 saturated heterocycles. The van der Waals surface area contributed by atoms with Crippen molar-refractivity contribution in [2.45, 2.75) is 42.0 Å². The van der Waals surface area contributed by atoms with Crippen LogP contribution in [0.1, 0.15) is 31.7 Å². The molecule has 2 aromatic heterocycles. The number of tetrazole rings is 1. The van der Waals surface area contributed by atoms with Crippen molar-refractivity contribution in [1.29, 1.82) is 0 Å². The highest BCUT2D eigenvalue weighted by Crippen LogP contribution is 2.32. The lowest BCUT2D eigenvalue weighted by atomic mass is 10.3. The molecule has 1 aliphatic carbocycles. The fourth-order valence-electron chi connectivity index (χ4n) is 2.07. The Morgan fingerprint density at radius 3 is 2.67 bits per heavy atom. The molecule has 0 bridgehead atoms.